The Morgan fingerprint density at radius 1 is 1.15 bits per heavy atom. The van der Waals surface area contributed by atoms with Crippen LogP contribution in [0.25, 0.3) is 6.08 Å². The third-order valence-corrected chi connectivity index (χ3v) is 8.34. The Morgan fingerprint density at radius 3 is 2.63 bits per heavy atom. The maximum Gasteiger partial charge on any atom is 0.455 e. The van der Waals surface area contributed by atoms with E-state index in [1.165, 1.54) is 24.3 Å². The van der Waals surface area contributed by atoms with Crippen molar-refractivity contribution in [1.82, 2.24) is 0 Å². The Balaban J connectivity index is 1.43. The second-order valence-corrected chi connectivity index (χ2v) is 11.0. The molecule has 2 fully saturated rings. The maximum absolute atomic E-state index is 13.8. The molecule has 3 N–H and O–H groups in total. The van der Waals surface area contributed by atoms with Gasteiger partial charge in [0.1, 0.15) is 5.75 Å². The lowest BCUT2D eigenvalue weighted by Crippen LogP contribution is -2.46. The molecule has 0 radical (unpaired) electrons. The van der Waals surface area contributed by atoms with Crippen LogP contribution in [0.15, 0.2) is 65.3 Å². The van der Waals surface area contributed by atoms with Gasteiger partial charge in [0.15, 0.2) is 0 Å². The molecule has 0 saturated carbocycles. The first-order valence-electron chi connectivity index (χ1n) is 14.0. The maximum atomic E-state index is 13.8. The molecule has 3 aliphatic rings. The van der Waals surface area contributed by atoms with E-state index in [2.05, 4.69) is 6.92 Å². The van der Waals surface area contributed by atoms with Crippen molar-refractivity contribution in [1.29, 1.82) is 0 Å². The zero-order valence-electron chi connectivity index (χ0n) is 22.8. The molecule has 5 rings (SSSR count). The Labute approximate surface area is 238 Å². The number of aliphatic hydroxyl groups excluding tert-OH is 1. The van der Waals surface area contributed by atoms with E-state index in [9.17, 15) is 34.9 Å². The number of nitrogens with zero attached hydrogens (tertiary/aromatic N) is 2. The highest BCUT2D eigenvalue weighted by Crippen LogP contribution is 2.51. The highest BCUT2D eigenvalue weighted by molar-refractivity contribution is 6.43. The van der Waals surface area contributed by atoms with E-state index in [1.54, 1.807) is 18.2 Å². The van der Waals surface area contributed by atoms with Crippen molar-refractivity contribution in [3.8, 4) is 5.75 Å². The number of amides is 2. The number of nitro benzene ring substituents is 1. The number of benzene rings is 2. The van der Waals surface area contributed by atoms with Gasteiger partial charge in [-0.25, -0.2) is 4.90 Å². The fourth-order valence-corrected chi connectivity index (χ4v) is 6.67. The molecule has 2 amide bonds. The van der Waals surface area contributed by atoms with E-state index in [-0.39, 0.29) is 36.5 Å². The van der Waals surface area contributed by atoms with Gasteiger partial charge in [-0.3, -0.25) is 19.7 Å². The van der Waals surface area contributed by atoms with E-state index in [0.717, 1.165) is 34.5 Å². The predicted octanol–water partition coefficient (Wildman–Crippen LogP) is 4.26. The molecule has 4 atom stereocenters. The second kappa shape index (κ2) is 12.0. The number of rotatable bonds is 9. The minimum atomic E-state index is -1.15. The number of aromatic hydroxyl groups is 1. The lowest BCUT2D eigenvalue weighted by Gasteiger charge is -2.43. The highest BCUT2D eigenvalue weighted by atomic mass is 16.6. The van der Waals surface area contributed by atoms with Gasteiger partial charge in [0.2, 0.25) is 11.8 Å². The minimum Gasteiger partial charge on any atom is -0.508 e. The smallest absolute Gasteiger partial charge is 0.455 e. The zero-order valence-corrected chi connectivity index (χ0v) is 22.8. The van der Waals surface area contributed by atoms with Crippen LogP contribution < -0.4 is 4.90 Å². The number of allylic oxidation sites excluding steroid dienone is 1. The number of carbonyl (C=O) groups is 2. The molecule has 0 aromatic heterocycles. The quantitative estimate of drug-likeness (QED) is 0.135. The van der Waals surface area contributed by atoms with Crippen LogP contribution >= 0.6 is 0 Å². The third kappa shape index (κ3) is 5.70. The molecule has 11 heteroatoms. The molecule has 0 bridgehead atoms. The van der Waals surface area contributed by atoms with E-state index < -0.39 is 47.7 Å². The fraction of sp³-hybridized carbons (Fsp3) is 0.400. The average Bonchev–Trinajstić information content (AvgIpc) is 3.20. The van der Waals surface area contributed by atoms with Gasteiger partial charge in [0.25, 0.3) is 5.69 Å². The summed E-state index contributed by atoms with van der Waals surface area (Å²) in [5, 5.41) is 42.3. The number of imide groups is 1. The summed E-state index contributed by atoms with van der Waals surface area (Å²) in [6, 6.07) is 12.4. The topological polar surface area (TPSA) is 150 Å². The second-order valence-electron chi connectivity index (χ2n) is 11.0. The van der Waals surface area contributed by atoms with Gasteiger partial charge in [-0.1, -0.05) is 43.2 Å². The summed E-state index contributed by atoms with van der Waals surface area (Å²) >= 11 is 0. The largest absolute Gasteiger partial charge is 0.508 e. The van der Waals surface area contributed by atoms with Gasteiger partial charge >= 0.3 is 7.12 Å². The fourth-order valence-electron chi connectivity index (χ4n) is 6.67. The first kappa shape index (κ1) is 28.7. The molecule has 214 valence electrons. The van der Waals surface area contributed by atoms with Crippen LogP contribution in [0.1, 0.15) is 44.6 Å². The van der Waals surface area contributed by atoms with E-state index in [4.69, 9.17) is 4.65 Å². The lowest BCUT2D eigenvalue weighted by molar-refractivity contribution is -0.384. The van der Waals surface area contributed by atoms with Crippen LogP contribution in [0.4, 0.5) is 11.4 Å². The van der Waals surface area contributed by atoms with E-state index >= 15 is 0 Å². The molecule has 1 aliphatic carbocycles. The summed E-state index contributed by atoms with van der Waals surface area (Å²) in [6.45, 7) is 1.78. The first-order valence-corrected chi connectivity index (χ1v) is 14.0. The number of hydrogen-bond acceptors (Lipinski definition) is 8. The molecule has 10 nitrogen and oxygen atoms in total. The zero-order chi connectivity index (χ0) is 29.3. The molecular formula is C30H33BN2O8. The molecule has 2 aromatic carbocycles. The Morgan fingerprint density at radius 2 is 1.93 bits per heavy atom. The van der Waals surface area contributed by atoms with E-state index in [0.29, 0.717) is 18.4 Å². The number of phenolic OH excluding ortho intramolecular Hbond substituents is 1. The van der Waals surface area contributed by atoms with E-state index in [1.807, 2.05) is 12.1 Å². The van der Waals surface area contributed by atoms with Crippen LogP contribution in [0.2, 0.25) is 6.32 Å². The minimum absolute atomic E-state index is 0.110. The molecule has 2 saturated heterocycles. The number of anilines is 1. The number of fused-ring (bicyclic) bond motifs is 3. The van der Waals surface area contributed by atoms with Crippen molar-refractivity contribution in [2.45, 2.75) is 51.5 Å². The Kier molecular flexibility index (Phi) is 8.39. The number of phenols is 1. The molecule has 41 heavy (non-hydrogen) atoms. The summed E-state index contributed by atoms with van der Waals surface area (Å²) in [4.78, 5) is 39.1. The number of carbonyl (C=O) groups excluding carboxylic acids is 2. The van der Waals surface area contributed by atoms with Crippen molar-refractivity contribution >= 4 is 36.4 Å². The third-order valence-electron chi connectivity index (χ3n) is 8.34. The van der Waals surface area contributed by atoms with Crippen LogP contribution in [0.3, 0.4) is 0 Å². The molecule has 0 spiro atoms. The van der Waals surface area contributed by atoms with Gasteiger partial charge in [-0.05, 0) is 72.8 Å². The summed E-state index contributed by atoms with van der Waals surface area (Å²) in [5.41, 5.74) is 3.35. The first-order chi connectivity index (χ1) is 19.7. The SMILES string of the molecule is CCC/C(=C\c1cccc(O)c1)CC[C@H]1OB(O)C[C@H]2C1=C(CO)C[C@H]1C(=O)N(c3cccc([N+](=O)[O-])c3)C(=O)[C@H]12. The Bertz CT molecular complexity index is 1420. The van der Waals surface area contributed by atoms with Gasteiger partial charge in [0, 0.05) is 12.1 Å². The summed E-state index contributed by atoms with van der Waals surface area (Å²) in [5.74, 6) is -2.73. The average molecular weight is 560 g/mol. The molecule has 0 unspecified atom stereocenters. The summed E-state index contributed by atoms with van der Waals surface area (Å²) < 4.78 is 5.98. The van der Waals surface area contributed by atoms with Gasteiger partial charge in [-0.15, -0.1) is 0 Å². The molecule has 2 aliphatic heterocycles. The number of hydrogen-bond donors (Lipinski definition) is 3. The highest BCUT2D eigenvalue weighted by Gasteiger charge is 2.57. The monoisotopic (exact) mass is 560 g/mol. The van der Waals surface area contributed by atoms with Gasteiger partial charge in [-0.2, -0.15) is 0 Å². The normalized spacial score (nSPS) is 24.5. The van der Waals surface area contributed by atoms with Crippen molar-refractivity contribution < 1.29 is 34.4 Å². The molecular weight excluding hydrogens is 527 g/mol. The van der Waals surface area contributed by atoms with Crippen molar-refractivity contribution in [2.24, 2.45) is 17.8 Å². The number of non-ortho nitro benzene ring substituents is 1. The lowest BCUT2D eigenvalue weighted by atomic mass is 9.58. The van der Waals surface area contributed by atoms with Crippen molar-refractivity contribution in [3.63, 3.8) is 0 Å². The van der Waals surface area contributed by atoms with Gasteiger partial charge in [0.05, 0.1) is 35.2 Å². The molecule has 2 heterocycles. The van der Waals surface area contributed by atoms with Crippen LogP contribution in [0, 0.1) is 27.9 Å². The Hall–Kier alpha value is -3.80. The molecule has 2 aromatic rings. The summed E-state index contributed by atoms with van der Waals surface area (Å²) in [7, 11) is -1.15. The van der Waals surface area contributed by atoms with Crippen LogP contribution in [-0.2, 0) is 14.2 Å². The van der Waals surface area contributed by atoms with Crippen LogP contribution in [0.5, 0.6) is 5.75 Å². The predicted molar refractivity (Wildman–Crippen MR) is 153 cm³/mol. The van der Waals surface area contributed by atoms with Crippen molar-refractivity contribution in [2.75, 3.05) is 11.5 Å². The van der Waals surface area contributed by atoms with Gasteiger partial charge < -0.3 is 19.9 Å². The number of aliphatic hydroxyl groups is 1. The number of nitro groups is 1. The standard InChI is InChI=1S/C30H33BN2O8/c1-2-5-18(12-19-6-3-9-23(35)13-19)10-11-26-27-20(17-34)14-24-28(25(27)16-31(38)41-26)30(37)32(29(24)36)21-7-4-8-22(15-21)33(39)40/h3-4,6-9,12-13,15,24-26,28,34-35,38H,2,5,10-11,14,16-17H2,1H3/b18-12+/t24-,25+,26-,28-/m1/s1. The summed E-state index contributed by atoms with van der Waals surface area (Å²) in [6.07, 6.45) is 4.66. The van der Waals surface area contributed by atoms with Crippen LogP contribution in [-0.4, -0.2) is 51.8 Å². The van der Waals surface area contributed by atoms with Crippen molar-refractivity contribution in [3.05, 3.63) is 80.9 Å².